The average molecular weight is 437 g/mol. The molecule has 0 fully saturated rings. The summed E-state index contributed by atoms with van der Waals surface area (Å²) >= 11 is 1.62. The highest BCUT2D eigenvalue weighted by atomic mass is 127. The third-order valence-corrected chi connectivity index (χ3v) is 3.52. The van der Waals surface area contributed by atoms with Crippen LogP contribution in [0.1, 0.15) is 10.7 Å². The molecule has 22 heavy (non-hydrogen) atoms. The van der Waals surface area contributed by atoms with E-state index >= 15 is 0 Å². The lowest BCUT2D eigenvalue weighted by molar-refractivity contribution is -0.127. The van der Waals surface area contributed by atoms with Gasteiger partial charge in [-0.3, -0.25) is 4.79 Å². The number of aromatic nitrogens is 1. The first-order valence-electron chi connectivity index (χ1n) is 6.65. The number of nitrogens with zero attached hydrogens (tertiary/aromatic N) is 4. The molecule has 0 saturated heterocycles. The Morgan fingerprint density at radius 1 is 1.50 bits per heavy atom. The monoisotopic (exact) mass is 437 g/mol. The average Bonchev–Trinajstić information content (AvgIpc) is 2.83. The molecule has 1 aromatic rings. The molecule has 1 heterocycles. The van der Waals surface area contributed by atoms with Crippen LogP contribution in [0.2, 0.25) is 0 Å². The summed E-state index contributed by atoms with van der Waals surface area (Å²) in [5, 5.41) is 6.22. The summed E-state index contributed by atoms with van der Waals surface area (Å²) < 4.78 is 0. The van der Waals surface area contributed by atoms with Crippen molar-refractivity contribution < 1.29 is 4.79 Å². The fourth-order valence-corrected chi connectivity index (χ4v) is 2.16. The molecule has 1 amide bonds. The van der Waals surface area contributed by atoms with Crippen LogP contribution in [0.3, 0.4) is 0 Å². The smallest absolute Gasteiger partial charge is 0.243 e. The molecule has 124 valence electrons. The van der Waals surface area contributed by atoms with Crippen LogP contribution in [-0.2, 0) is 11.3 Å². The number of carbonyl (C=O) groups excluding carboxylic acids is 1. The number of amides is 1. The first-order valence-corrected chi connectivity index (χ1v) is 7.53. The van der Waals surface area contributed by atoms with Crippen LogP contribution in [0.4, 0.5) is 0 Å². The number of thiazole rings is 1. The number of aliphatic imine (C=N–C) groups is 1. The third-order valence-electron chi connectivity index (χ3n) is 2.69. The molecular formula is C14H24IN5OS. The van der Waals surface area contributed by atoms with Crippen LogP contribution in [0.25, 0.3) is 0 Å². The van der Waals surface area contributed by atoms with Gasteiger partial charge < -0.3 is 15.1 Å². The van der Waals surface area contributed by atoms with Gasteiger partial charge in [-0.05, 0) is 6.92 Å². The number of aryl methyl sites for hydroxylation is 1. The first-order chi connectivity index (χ1) is 9.93. The molecule has 1 N–H and O–H groups in total. The van der Waals surface area contributed by atoms with Crippen LogP contribution in [0.15, 0.2) is 23.0 Å². The van der Waals surface area contributed by atoms with Gasteiger partial charge in [0.05, 0.1) is 17.2 Å². The van der Waals surface area contributed by atoms with Crippen molar-refractivity contribution in [3.8, 4) is 0 Å². The highest BCUT2D eigenvalue weighted by Gasteiger charge is 2.10. The van der Waals surface area contributed by atoms with E-state index in [4.69, 9.17) is 0 Å². The van der Waals surface area contributed by atoms with E-state index in [0.29, 0.717) is 19.0 Å². The van der Waals surface area contributed by atoms with Gasteiger partial charge in [-0.25, -0.2) is 9.98 Å². The van der Waals surface area contributed by atoms with Crippen molar-refractivity contribution in [2.45, 2.75) is 13.5 Å². The molecule has 0 aliphatic carbocycles. The van der Waals surface area contributed by atoms with E-state index in [2.05, 4.69) is 21.9 Å². The van der Waals surface area contributed by atoms with Crippen LogP contribution < -0.4 is 5.32 Å². The van der Waals surface area contributed by atoms with Gasteiger partial charge in [-0.15, -0.1) is 41.9 Å². The van der Waals surface area contributed by atoms with E-state index in [1.54, 1.807) is 31.5 Å². The van der Waals surface area contributed by atoms with Crippen molar-refractivity contribution in [1.29, 1.82) is 0 Å². The molecule has 1 rings (SSSR count). The summed E-state index contributed by atoms with van der Waals surface area (Å²) in [6, 6.07) is 0. The van der Waals surface area contributed by atoms with Gasteiger partial charge in [0.25, 0.3) is 0 Å². The fourth-order valence-electron chi connectivity index (χ4n) is 1.56. The molecule has 0 aliphatic rings. The second-order valence-electron chi connectivity index (χ2n) is 4.81. The van der Waals surface area contributed by atoms with Crippen molar-refractivity contribution in [2.24, 2.45) is 4.99 Å². The zero-order valence-corrected chi connectivity index (χ0v) is 16.6. The summed E-state index contributed by atoms with van der Waals surface area (Å²) in [7, 11) is 5.36. The van der Waals surface area contributed by atoms with Crippen LogP contribution in [0.5, 0.6) is 0 Å². The molecule has 1 aromatic heterocycles. The van der Waals surface area contributed by atoms with Gasteiger partial charge in [0.1, 0.15) is 6.54 Å². The Bertz CT molecular complexity index is 515. The van der Waals surface area contributed by atoms with Crippen molar-refractivity contribution in [1.82, 2.24) is 20.1 Å². The molecule has 0 atom stereocenters. The molecule has 0 bridgehead atoms. The number of nitrogens with one attached hydrogen (secondary N) is 1. The minimum atomic E-state index is -0.0363. The lowest BCUT2D eigenvalue weighted by Crippen LogP contribution is -2.39. The number of carbonyl (C=O) groups is 1. The van der Waals surface area contributed by atoms with Crippen LogP contribution in [0, 0.1) is 6.92 Å². The SMILES string of the molecule is C=CCNC(=NCC(=O)N(C)C)N(C)Cc1csc(C)n1.I. The van der Waals surface area contributed by atoms with E-state index in [0.717, 1.165) is 10.7 Å². The lowest BCUT2D eigenvalue weighted by Gasteiger charge is -2.21. The fraction of sp³-hybridized carbons (Fsp3) is 0.500. The number of hydrogen-bond donors (Lipinski definition) is 1. The largest absolute Gasteiger partial charge is 0.353 e. The first kappa shape index (κ1) is 20.8. The van der Waals surface area contributed by atoms with E-state index in [1.165, 1.54) is 4.90 Å². The van der Waals surface area contributed by atoms with E-state index in [1.807, 2.05) is 24.3 Å². The maximum Gasteiger partial charge on any atom is 0.243 e. The zero-order valence-electron chi connectivity index (χ0n) is 13.5. The molecule has 0 unspecified atom stereocenters. The Balaban J connectivity index is 0.00000441. The van der Waals surface area contributed by atoms with Gasteiger partial charge in [-0.2, -0.15) is 0 Å². The molecule has 0 aromatic carbocycles. The van der Waals surface area contributed by atoms with Gasteiger partial charge in [-0.1, -0.05) is 6.08 Å². The molecule has 6 nitrogen and oxygen atoms in total. The standard InChI is InChI=1S/C14H23N5OS.HI/c1-6-7-15-14(16-8-13(20)18(3)4)19(5)9-12-10-21-11(2)17-12;/h6,10H,1,7-9H2,2-5H3,(H,15,16);1H. The third kappa shape index (κ3) is 7.21. The van der Waals surface area contributed by atoms with Gasteiger partial charge in [0.2, 0.25) is 5.91 Å². The Kier molecular flexibility index (Phi) is 9.99. The van der Waals surface area contributed by atoms with Crippen LogP contribution >= 0.6 is 35.3 Å². The topological polar surface area (TPSA) is 60.8 Å². The molecule has 0 spiro atoms. The van der Waals surface area contributed by atoms with E-state index in [-0.39, 0.29) is 36.4 Å². The summed E-state index contributed by atoms with van der Waals surface area (Å²) in [6.07, 6.45) is 1.75. The molecule has 0 saturated carbocycles. The highest BCUT2D eigenvalue weighted by molar-refractivity contribution is 14.0. The summed E-state index contributed by atoms with van der Waals surface area (Å²) in [4.78, 5) is 23.9. The maximum absolute atomic E-state index is 11.6. The Morgan fingerprint density at radius 3 is 2.68 bits per heavy atom. The number of rotatable bonds is 6. The second kappa shape index (κ2) is 10.5. The predicted molar refractivity (Wildman–Crippen MR) is 103 cm³/mol. The van der Waals surface area contributed by atoms with Gasteiger partial charge >= 0.3 is 0 Å². The van der Waals surface area contributed by atoms with E-state index < -0.39 is 0 Å². The number of halogens is 1. The minimum absolute atomic E-state index is 0. The van der Waals surface area contributed by atoms with Crippen molar-refractivity contribution in [2.75, 3.05) is 34.2 Å². The lowest BCUT2D eigenvalue weighted by atomic mass is 10.4. The number of guanidine groups is 1. The van der Waals surface area contributed by atoms with Gasteiger partial charge in [0, 0.05) is 33.1 Å². The zero-order chi connectivity index (χ0) is 15.8. The van der Waals surface area contributed by atoms with Crippen LogP contribution in [-0.4, -0.2) is 60.9 Å². The summed E-state index contributed by atoms with van der Waals surface area (Å²) in [6.45, 7) is 7.01. The molecule has 8 heteroatoms. The second-order valence-corrected chi connectivity index (χ2v) is 5.87. The molecule has 0 radical (unpaired) electrons. The molecular weight excluding hydrogens is 413 g/mol. The van der Waals surface area contributed by atoms with E-state index in [9.17, 15) is 4.79 Å². The van der Waals surface area contributed by atoms with Crippen molar-refractivity contribution >= 4 is 47.2 Å². The highest BCUT2D eigenvalue weighted by Crippen LogP contribution is 2.09. The Morgan fingerprint density at radius 2 is 2.18 bits per heavy atom. The van der Waals surface area contributed by atoms with Crippen molar-refractivity contribution in [3.63, 3.8) is 0 Å². The van der Waals surface area contributed by atoms with Crippen molar-refractivity contribution in [3.05, 3.63) is 28.7 Å². The Hall–Kier alpha value is -1.16. The normalized spacial score (nSPS) is 10.6. The predicted octanol–water partition coefficient (Wildman–Crippen LogP) is 1.72. The molecule has 0 aliphatic heterocycles. The number of hydrogen-bond acceptors (Lipinski definition) is 4. The summed E-state index contributed by atoms with van der Waals surface area (Å²) in [5.74, 6) is 0.626. The maximum atomic E-state index is 11.6. The summed E-state index contributed by atoms with van der Waals surface area (Å²) in [5.41, 5.74) is 0.993. The Labute approximate surface area is 153 Å². The quantitative estimate of drug-likeness (QED) is 0.319. The van der Waals surface area contributed by atoms with Gasteiger partial charge in [0.15, 0.2) is 5.96 Å². The minimum Gasteiger partial charge on any atom is -0.353 e. The number of likely N-dealkylation sites (N-methyl/N-ethyl adjacent to an activating group) is 1.